The summed E-state index contributed by atoms with van der Waals surface area (Å²) in [6.45, 7) is 0. The van der Waals surface area contributed by atoms with E-state index in [-0.39, 0.29) is 11.2 Å². The molecule has 0 bridgehead atoms. The highest BCUT2D eigenvalue weighted by Gasteiger charge is 2.25. The molecular formula is C13H10ClNOS2. The topological polar surface area (TPSA) is 29.1 Å². The molecule has 1 aromatic heterocycles. The molecule has 2 nitrogen and oxygen atoms in total. The second-order valence-corrected chi connectivity index (χ2v) is 6.47. The summed E-state index contributed by atoms with van der Waals surface area (Å²) in [5.41, 5.74) is 2.08. The summed E-state index contributed by atoms with van der Waals surface area (Å²) in [5.74, 6) is 0.530. The van der Waals surface area contributed by atoms with Crippen molar-refractivity contribution in [3.8, 4) is 0 Å². The summed E-state index contributed by atoms with van der Waals surface area (Å²) < 4.78 is 0. The van der Waals surface area contributed by atoms with Gasteiger partial charge in [0.1, 0.15) is 0 Å². The van der Waals surface area contributed by atoms with Gasteiger partial charge in [0.05, 0.1) is 16.7 Å². The molecule has 3 rings (SSSR count). The lowest BCUT2D eigenvalue weighted by Gasteiger charge is -2.14. The van der Waals surface area contributed by atoms with Crippen LogP contribution in [0.25, 0.3) is 0 Å². The molecule has 2 heterocycles. The summed E-state index contributed by atoms with van der Waals surface area (Å²) in [6, 6.07) is 9.81. The van der Waals surface area contributed by atoms with Crippen molar-refractivity contribution < 1.29 is 4.79 Å². The number of halogens is 1. The molecule has 0 aliphatic carbocycles. The van der Waals surface area contributed by atoms with Crippen LogP contribution in [-0.4, -0.2) is 11.7 Å². The first-order valence-corrected chi connectivity index (χ1v) is 7.79. The van der Waals surface area contributed by atoms with E-state index in [2.05, 4.69) is 11.4 Å². The second kappa shape index (κ2) is 4.96. The van der Waals surface area contributed by atoms with Gasteiger partial charge >= 0.3 is 0 Å². The van der Waals surface area contributed by atoms with Crippen LogP contribution in [0.5, 0.6) is 0 Å². The third kappa shape index (κ3) is 2.28. The number of amides is 1. The lowest BCUT2D eigenvalue weighted by atomic mass is 10.1. The minimum atomic E-state index is 0.0594. The van der Waals surface area contributed by atoms with Crippen molar-refractivity contribution in [1.82, 2.24) is 0 Å². The SMILES string of the molecule is O=C1CS[C@H](c2cccc(Cl)c2)c2sccc2N1. The molecule has 0 spiro atoms. The number of anilines is 1. The summed E-state index contributed by atoms with van der Waals surface area (Å²) in [4.78, 5) is 12.8. The summed E-state index contributed by atoms with van der Waals surface area (Å²) in [7, 11) is 0. The number of benzene rings is 1. The fourth-order valence-electron chi connectivity index (χ4n) is 1.97. The van der Waals surface area contributed by atoms with Crippen LogP contribution in [0.2, 0.25) is 5.02 Å². The van der Waals surface area contributed by atoms with E-state index in [0.717, 1.165) is 16.3 Å². The normalized spacial score (nSPS) is 18.9. The fraction of sp³-hybridized carbons (Fsp3) is 0.154. The number of hydrogen-bond donors (Lipinski definition) is 1. The van der Waals surface area contributed by atoms with Crippen molar-refractivity contribution >= 4 is 46.3 Å². The van der Waals surface area contributed by atoms with Crippen LogP contribution in [0.1, 0.15) is 15.7 Å². The average molecular weight is 296 g/mol. The van der Waals surface area contributed by atoms with Gasteiger partial charge in [0.15, 0.2) is 0 Å². The molecule has 1 aliphatic rings. The zero-order valence-electron chi connectivity index (χ0n) is 9.35. The van der Waals surface area contributed by atoms with Crippen molar-refractivity contribution in [3.63, 3.8) is 0 Å². The monoisotopic (exact) mass is 295 g/mol. The minimum absolute atomic E-state index is 0.0594. The van der Waals surface area contributed by atoms with Crippen molar-refractivity contribution in [1.29, 1.82) is 0 Å². The van der Waals surface area contributed by atoms with E-state index < -0.39 is 0 Å². The van der Waals surface area contributed by atoms with E-state index >= 15 is 0 Å². The van der Waals surface area contributed by atoms with E-state index in [0.29, 0.717) is 5.75 Å². The van der Waals surface area contributed by atoms with Gasteiger partial charge in [-0.3, -0.25) is 4.79 Å². The first kappa shape index (κ1) is 12.1. The average Bonchev–Trinajstić information content (AvgIpc) is 2.72. The number of hydrogen-bond acceptors (Lipinski definition) is 3. The lowest BCUT2D eigenvalue weighted by molar-refractivity contribution is -0.113. The number of nitrogens with one attached hydrogen (secondary N) is 1. The Labute approximate surface area is 118 Å². The number of carbonyl (C=O) groups is 1. The van der Waals surface area contributed by atoms with Crippen molar-refractivity contribution in [2.75, 3.05) is 11.1 Å². The molecule has 2 aromatic rings. The predicted octanol–water partition coefficient (Wildman–Crippen LogP) is 4.18. The first-order valence-electron chi connectivity index (χ1n) is 5.48. The highest BCUT2D eigenvalue weighted by molar-refractivity contribution is 8.00. The number of fused-ring (bicyclic) bond motifs is 1. The Bertz CT molecular complexity index is 596. The van der Waals surface area contributed by atoms with Gasteiger partial charge in [0.25, 0.3) is 0 Å². The molecule has 0 radical (unpaired) electrons. The van der Waals surface area contributed by atoms with Gasteiger partial charge in [-0.05, 0) is 29.1 Å². The van der Waals surface area contributed by atoms with Crippen molar-refractivity contribution in [2.24, 2.45) is 0 Å². The van der Waals surface area contributed by atoms with E-state index in [1.54, 1.807) is 23.1 Å². The Balaban J connectivity index is 2.05. The molecule has 0 fully saturated rings. The Morgan fingerprint density at radius 1 is 1.33 bits per heavy atom. The standard InChI is InChI=1S/C13H10ClNOS2/c14-9-3-1-2-8(6-9)12-13-10(4-5-17-13)15-11(16)7-18-12/h1-6,12H,7H2,(H,15,16)/t12-/m1/s1. The molecular weight excluding hydrogens is 286 g/mol. The molecule has 1 N–H and O–H groups in total. The predicted molar refractivity (Wildman–Crippen MR) is 78.7 cm³/mol. The Hall–Kier alpha value is -0.970. The zero-order chi connectivity index (χ0) is 12.5. The van der Waals surface area contributed by atoms with Gasteiger partial charge in [-0.2, -0.15) is 0 Å². The van der Waals surface area contributed by atoms with Crippen LogP contribution in [0.3, 0.4) is 0 Å². The van der Waals surface area contributed by atoms with Crippen LogP contribution in [0.4, 0.5) is 5.69 Å². The maximum absolute atomic E-state index is 11.6. The van der Waals surface area contributed by atoms with Gasteiger partial charge in [0.2, 0.25) is 5.91 Å². The van der Waals surface area contributed by atoms with E-state index in [1.165, 1.54) is 4.88 Å². The molecule has 0 saturated heterocycles. The lowest BCUT2D eigenvalue weighted by Crippen LogP contribution is -2.11. The molecule has 1 aromatic carbocycles. The van der Waals surface area contributed by atoms with Gasteiger partial charge in [-0.25, -0.2) is 0 Å². The van der Waals surface area contributed by atoms with E-state index in [9.17, 15) is 4.79 Å². The van der Waals surface area contributed by atoms with Crippen LogP contribution in [0, 0.1) is 0 Å². The largest absolute Gasteiger partial charge is 0.324 e. The van der Waals surface area contributed by atoms with Gasteiger partial charge in [-0.1, -0.05) is 23.7 Å². The number of thiophene rings is 1. The smallest absolute Gasteiger partial charge is 0.234 e. The summed E-state index contributed by atoms with van der Waals surface area (Å²) in [6.07, 6.45) is 0. The number of carbonyl (C=O) groups excluding carboxylic acids is 1. The summed E-state index contributed by atoms with van der Waals surface area (Å²) >= 11 is 9.36. The van der Waals surface area contributed by atoms with Gasteiger partial charge in [0, 0.05) is 9.90 Å². The zero-order valence-corrected chi connectivity index (χ0v) is 11.7. The van der Waals surface area contributed by atoms with Gasteiger partial charge < -0.3 is 5.32 Å². The van der Waals surface area contributed by atoms with E-state index in [1.807, 2.05) is 29.6 Å². The molecule has 18 heavy (non-hydrogen) atoms. The van der Waals surface area contributed by atoms with Gasteiger partial charge in [-0.15, -0.1) is 23.1 Å². The van der Waals surface area contributed by atoms with Crippen LogP contribution in [0.15, 0.2) is 35.7 Å². The Morgan fingerprint density at radius 3 is 3.06 bits per heavy atom. The number of rotatable bonds is 1. The maximum Gasteiger partial charge on any atom is 0.234 e. The highest BCUT2D eigenvalue weighted by atomic mass is 35.5. The molecule has 1 aliphatic heterocycles. The van der Waals surface area contributed by atoms with Crippen molar-refractivity contribution in [3.05, 3.63) is 51.2 Å². The third-order valence-electron chi connectivity index (χ3n) is 2.74. The molecule has 1 amide bonds. The Kier molecular flexibility index (Phi) is 3.33. The highest BCUT2D eigenvalue weighted by Crippen LogP contribution is 2.44. The molecule has 1 atom stereocenters. The maximum atomic E-state index is 11.6. The summed E-state index contributed by atoms with van der Waals surface area (Å²) in [5, 5.41) is 5.85. The molecule has 92 valence electrons. The first-order chi connectivity index (χ1) is 8.74. The fourth-order valence-corrected chi connectivity index (χ4v) is 4.40. The third-order valence-corrected chi connectivity index (χ3v) is 5.38. The van der Waals surface area contributed by atoms with Crippen LogP contribution < -0.4 is 5.32 Å². The van der Waals surface area contributed by atoms with Crippen LogP contribution in [-0.2, 0) is 4.79 Å². The quantitative estimate of drug-likeness (QED) is 0.855. The molecule has 0 saturated carbocycles. The molecule has 5 heteroatoms. The van der Waals surface area contributed by atoms with Crippen LogP contribution >= 0.6 is 34.7 Å². The van der Waals surface area contributed by atoms with Crippen molar-refractivity contribution in [2.45, 2.75) is 5.25 Å². The number of thioether (sulfide) groups is 1. The Morgan fingerprint density at radius 2 is 2.22 bits per heavy atom. The van der Waals surface area contributed by atoms with E-state index in [4.69, 9.17) is 11.6 Å². The molecule has 0 unspecified atom stereocenters. The second-order valence-electron chi connectivity index (χ2n) is 3.99. The minimum Gasteiger partial charge on any atom is -0.324 e.